The minimum absolute atomic E-state index is 1.03. The van der Waals surface area contributed by atoms with Crippen molar-refractivity contribution in [2.45, 2.75) is 27.2 Å². The fourth-order valence-electron chi connectivity index (χ4n) is 1.75. The SMILES string of the molecule is CCc1ccc(-n2nc(C)c(Br)c2C)cc1. The van der Waals surface area contributed by atoms with Crippen LogP contribution in [0.3, 0.4) is 0 Å². The number of aryl methyl sites for hydroxylation is 2. The lowest BCUT2D eigenvalue weighted by Crippen LogP contribution is -1.99. The van der Waals surface area contributed by atoms with Crippen LogP contribution in [0.1, 0.15) is 23.9 Å². The second kappa shape index (κ2) is 4.42. The van der Waals surface area contributed by atoms with Crippen molar-refractivity contribution in [3.8, 4) is 5.69 Å². The van der Waals surface area contributed by atoms with Crippen molar-refractivity contribution < 1.29 is 0 Å². The van der Waals surface area contributed by atoms with Crippen LogP contribution in [0.15, 0.2) is 28.7 Å². The number of nitrogens with zero attached hydrogens (tertiary/aromatic N) is 2. The largest absolute Gasteiger partial charge is 0.237 e. The molecule has 2 aromatic rings. The van der Waals surface area contributed by atoms with Gasteiger partial charge in [0, 0.05) is 0 Å². The lowest BCUT2D eigenvalue weighted by Gasteiger charge is -2.05. The fourth-order valence-corrected chi connectivity index (χ4v) is 2.00. The van der Waals surface area contributed by atoms with Crippen molar-refractivity contribution in [1.29, 1.82) is 0 Å². The molecule has 0 bridgehead atoms. The third-order valence-corrected chi connectivity index (χ3v) is 3.94. The van der Waals surface area contributed by atoms with E-state index in [0.29, 0.717) is 0 Å². The summed E-state index contributed by atoms with van der Waals surface area (Å²) in [5.41, 5.74) is 4.63. The van der Waals surface area contributed by atoms with Crippen LogP contribution in [-0.2, 0) is 6.42 Å². The van der Waals surface area contributed by atoms with E-state index in [2.05, 4.69) is 59.1 Å². The van der Waals surface area contributed by atoms with Crippen LogP contribution in [-0.4, -0.2) is 9.78 Å². The lowest BCUT2D eigenvalue weighted by molar-refractivity contribution is 0.832. The molecule has 0 atom stereocenters. The van der Waals surface area contributed by atoms with E-state index >= 15 is 0 Å². The topological polar surface area (TPSA) is 17.8 Å². The highest BCUT2D eigenvalue weighted by Crippen LogP contribution is 2.23. The molecule has 0 aliphatic heterocycles. The first-order chi connectivity index (χ1) is 7.63. The number of benzene rings is 1. The van der Waals surface area contributed by atoms with Crippen molar-refractivity contribution in [3.63, 3.8) is 0 Å². The number of rotatable bonds is 2. The second-order valence-corrected chi connectivity index (χ2v) is 4.71. The van der Waals surface area contributed by atoms with Gasteiger partial charge in [0.05, 0.1) is 21.5 Å². The van der Waals surface area contributed by atoms with Gasteiger partial charge >= 0.3 is 0 Å². The van der Waals surface area contributed by atoms with Crippen LogP contribution in [0.5, 0.6) is 0 Å². The van der Waals surface area contributed by atoms with Gasteiger partial charge in [-0.3, -0.25) is 0 Å². The Hall–Kier alpha value is -1.09. The van der Waals surface area contributed by atoms with Crippen molar-refractivity contribution >= 4 is 15.9 Å². The fraction of sp³-hybridized carbons (Fsp3) is 0.308. The summed E-state index contributed by atoms with van der Waals surface area (Å²) in [7, 11) is 0. The molecule has 2 rings (SSSR count). The van der Waals surface area contributed by atoms with E-state index in [4.69, 9.17) is 0 Å². The zero-order valence-electron chi connectivity index (χ0n) is 9.79. The zero-order chi connectivity index (χ0) is 11.7. The Bertz CT molecular complexity index is 497. The first kappa shape index (κ1) is 11.4. The Morgan fingerprint density at radius 1 is 1.19 bits per heavy atom. The van der Waals surface area contributed by atoms with Gasteiger partial charge in [0.15, 0.2) is 0 Å². The van der Waals surface area contributed by atoms with Gasteiger partial charge in [-0.15, -0.1) is 0 Å². The summed E-state index contributed by atoms with van der Waals surface area (Å²) in [6.45, 7) is 6.24. The molecule has 0 radical (unpaired) electrons. The minimum atomic E-state index is 1.03. The maximum absolute atomic E-state index is 4.51. The molecule has 0 amide bonds. The predicted molar refractivity (Wildman–Crippen MR) is 70.1 cm³/mol. The van der Waals surface area contributed by atoms with Crippen LogP contribution in [0, 0.1) is 13.8 Å². The number of halogens is 1. The Morgan fingerprint density at radius 2 is 1.81 bits per heavy atom. The summed E-state index contributed by atoms with van der Waals surface area (Å²) in [4.78, 5) is 0. The van der Waals surface area contributed by atoms with Crippen molar-refractivity contribution in [3.05, 3.63) is 45.7 Å². The molecule has 16 heavy (non-hydrogen) atoms. The van der Waals surface area contributed by atoms with Gasteiger partial charge in [0.2, 0.25) is 0 Å². The van der Waals surface area contributed by atoms with Gasteiger partial charge in [0.25, 0.3) is 0 Å². The van der Waals surface area contributed by atoms with E-state index in [1.807, 2.05) is 11.6 Å². The quantitative estimate of drug-likeness (QED) is 0.817. The molecule has 0 saturated carbocycles. The molecule has 3 heteroatoms. The average Bonchev–Trinajstić information content (AvgIpc) is 2.57. The van der Waals surface area contributed by atoms with E-state index in [-0.39, 0.29) is 0 Å². The Kier molecular flexibility index (Phi) is 3.15. The summed E-state index contributed by atoms with van der Waals surface area (Å²) in [6.07, 6.45) is 1.07. The number of hydrogen-bond donors (Lipinski definition) is 0. The van der Waals surface area contributed by atoms with Crippen molar-refractivity contribution in [2.75, 3.05) is 0 Å². The molecular weight excluding hydrogens is 264 g/mol. The molecule has 0 spiro atoms. The van der Waals surface area contributed by atoms with Crippen molar-refractivity contribution in [2.24, 2.45) is 0 Å². The molecule has 0 N–H and O–H groups in total. The molecule has 0 aliphatic carbocycles. The molecule has 1 heterocycles. The highest BCUT2D eigenvalue weighted by molar-refractivity contribution is 9.10. The molecule has 0 saturated heterocycles. The molecule has 0 fully saturated rings. The number of hydrogen-bond acceptors (Lipinski definition) is 1. The standard InChI is InChI=1S/C13H15BrN2/c1-4-11-5-7-12(8-6-11)16-10(3)13(14)9(2)15-16/h5-8H,4H2,1-3H3. The van der Waals surface area contributed by atoms with Gasteiger partial charge in [0.1, 0.15) is 0 Å². The van der Waals surface area contributed by atoms with Gasteiger partial charge in [-0.05, 0) is 53.9 Å². The first-order valence-electron chi connectivity index (χ1n) is 5.44. The summed E-state index contributed by atoms with van der Waals surface area (Å²) in [6, 6.07) is 8.54. The van der Waals surface area contributed by atoms with Crippen LogP contribution >= 0.6 is 15.9 Å². The Morgan fingerprint density at radius 3 is 2.25 bits per heavy atom. The predicted octanol–water partition coefficient (Wildman–Crippen LogP) is 3.81. The third kappa shape index (κ3) is 1.92. The highest BCUT2D eigenvalue weighted by Gasteiger charge is 2.09. The summed E-state index contributed by atoms with van der Waals surface area (Å²) in [5, 5.41) is 4.51. The van der Waals surface area contributed by atoms with Crippen molar-refractivity contribution in [1.82, 2.24) is 9.78 Å². The van der Waals surface area contributed by atoms with Crippen LogP contribution in [0.2, 0.25) is 0 Å². The van der Waals surface area contributed by atoms with E-state index in [9.17, 15) is 0 Å². The molecule has 1 aromatic heterocycles. The van der Waals surface area contributed by atoms with Gasteiger partial charge in [-0.25, -0.2) is 4.68 Å². The molecule has 0 aliphatic rings. The van der Waals surface area contributed by atoms with Crippen LogP contribution in [0.25, 0.3) is 5.69 Å². The number of aromatic nitrogens is 2. The minimum Gasteiger partial charge on any atom is -0.237 e. The van der Waals surface area contributed by atoms with Gasteiger partial charge in [-0.1, -0.05) is 19.1 Å². The lowest BCUT2D eigenvalue weighted by atomic mass is 10.1. The Labute approximate surface area is 104 Å². The van der Waals surface area contributed by atoms with E-state index in [1.54, 1.807) is 0 Å². The smallest absolute Gasteiger partial charge is 0.0743 e. The summed E-state index contributed by atoms with van der Waals surface area (Å²) in [5.74, 6) is 0. The van der Waals surface area contributed by atoms with E-state index < -0.39 is 0 Å². The molecule has 0 unspecified atom stereocenters. The molecule has 1 aromatic carbocycles. The maximum Gasteiger partial charge on any atom is 0.0743 e. The average molecular weight is 279 g/mol. The van der Waals surface area contributed by atoms with Gasteiger partial charge < -0.3 is 0 Å². The van der Waals surface area contributed by atoms with Crippen LogP contribution < -0.4 is 0 Å². The molecular formula is C13H15BrN2. The third-order valence-electron chi connectivity index (χ3n) is 2.79. The second-order valence-electron chi connectivity index (χ2n) is 3.92. The monoisotopic (exact) mass is 278 g/mol. The maximum atomic E-state index is 4.51. The molecule has 84 valence electrons. The summed E-state index contributed by atoms with van der Waals surface area (Å²) >= 11 is 3.54. The van der Waals surface area contributed by atoms with E-state index in [1.165, 1.54) is 5.56 Å². The van der Waals surface area contributed by atoms with Crippen LogP contribution in [0.4, 0.5) is 0 Å². The normalized spacial score (nSPS) is 10.8. The van der Waals surface area contributed by atoms with Gasteiger partial charge in [-0.2, -0.15) is 5.10 Å². The molecule has 2 nitrogen and oxygen atoms in total. The first-order valence-corrected chi connectivity index (χ1v) is 6.23. The summed E-state index contributed by atoms with van der Waals surface area (Å²) < 4.78 is 3.06. The Balaban J connectivity index is 2.46. The highest BCUT2D eigenvalue weighted by atomic mass is 79.9. The van der Waals surface area contributed by atoms with E-state index in [0.717, 1.165) is 28.0 Å². The zero-order valence-corrected chi connectivity index (χ0v) is 11.4.